The van der Waals surface area contributed by atoms with Gasteiger partial charge in [0, 0.05) is 11.3 Å². The van der Waals surface area contributed by atoms with Crippen LogP contribution in [0, 0.1) is 46.8 Å². The SMILES string of the molecule is CC1C2CC3C4CC5CC6(O)[C@H]1C3(O)[C@@]6(C5)C4C2. The zero-order chi connectivity index (χ0) is 12.1. The van der Waals surface area contributed by atoms with E-state index in [0.29, 0.717) is 17.8 Å². The second-order valence-electron chi connectivity index (χ2n) is 8.68. The van der Waals surface area contributed by atoms with Gasteiger partial charge < -0.3 is 10.2 Å². The van der Waals surface area contributed by atoms with Crippen molar-refractivity contribution in [2.24, 2.45) is 46.8 Å². The summed E-state index contributed by atoms with van der Waals surface area (Å²) >= 11 is 0. The van der Waals surface area contributed by atoms with Crippen LogP contribution >= 0.6 is 0 Å². The molecular weight excluding hydrogens is 224 g/mol. The smallest absolute Gasteiger partial charge is 0.0823 e. The maximum Gasteiger partial charge on any atom is 0.0823 e. The minimum absolute atomic E-state index is 0.0531. The van der Waals surface area contributed by atoms with Crippen molar-refractivity contribution in [3.8, 4) is 0 Å². The van der Waals surface area contributed by atoms with Gasteiger partial charge in [0.1, 0.15) is 0 Å². The van der Waals surface area contributed by atoms with Crippen molar-refractivity contribution in [1.82, 2.24) is 0 Å². The molecule has 10 atom stereocenters. The minimum Gasteiger partial charge on any atom is -0.389 e. The number of fused-ring (bicyclic) bond motifs is 3. The molecule has 2 N–H and O–H groups in total. The molecule has 6 fully saturated rings. The third-order valence-electron chi connectivity index (χ3n) is 8.91. The molecule has 2 heteroatoms. The molecule has 1 spiro atoms. The van der Waals surface area contributed by atoms with Crippen LogP contribution in [0.15, 0.2) is 0 Å². The lowest BCUT2D eigenvalue weighted by molar-refractivity contribution is -0.358. The van der Waals surface area contributed by atoms with E-state index in [2.05, 4.69) is 6.92 Å². The molecule has 0 aliphatic heterocycles. The molecule has 6 aliphatic rings. The summed E-state index contributed by atoms with van der Waals surface area (Å²) in [6, 6.07) is 0. The normalized spacial score (nSPS) is 81.2. The molecule has 2 nitrogen and oxygen atoms in total. The Kier molecular flexibility index (Phi) is 1.21. The number of rotatable bonds is 0. The molecule has 0 heterocycles. The van der Waals surface area contributed by atoms with Gasteiger partial charge in [-0.15, -0.1) is 0 Å². The van der Waals surface area contributed by atoms with Crippen molar-refractivity contribution in [2.75, 3.05) is 0 Å². The van der Waals surface area contributed by atoms with E-state index >= 15 is 0 Å². The number of hydrogen-bond donors (Lipinski definition) is 2. The summed E-state index contributed by atoms with van der Waals surface area (Å²) in [7, 11) is 0. The zero-order valence-electron chi connectivity index (χ0n) is 11.0. The molecular formula is C16H22O2. The van der Waals surface area contributed by atoms with Crippen LogP contribution in [0.1, 0.15) is 39.0 Å². The van der Waals surface area contributed by atoms with Gasteiger partial charge in [-0.3, -0.25) is 0 Å². The van der Waals surface area contributed by atoms with Crippen LogP contribution < -0.4 is 0 Å². The van der Waals surface area contributed by atoms with Crippen LogP contribution in [0.25, 0.3) is 0 Å². The van der Waals surface area contributed by atoms with Gasteiger partial charge in [0.25, 0.3) is 0 Å². The highest BCUT2D eigenvalue weighted by Crippen LogP contribution is 2.90. The Morgan fingerprint density at radius 2 is 1.78 bits per heavy atom. The first kappa shape index (κ1) is 9.77. The van der Waals surface area contributed by atoms with Gasteiger partial charge in [-0.1, -0.05) is 6.92 Å². The van der Waals surface area contributed by atoms with Gasteiger partial charge in [-0.2, -0.15) is 0 Å². The Morgan fingerprint density at radius 3 is 2.61 bits per heavy atom. The summed E-state index contributed by atoms with van der Waals surface area (Å²) in [4.78, 5) is 0. The quantitative estimate of drug-likeness (QED) is 0.684. The highest BCUT2D eigenvalue weighted by Gasteiger charge is 2.94. The molecule has 0 aromatic heterocycles. The van der Waals surface area contributed by atoms with Crippen molar-refractivity contribution in [1.29, 1.82) is 0 Å². The van der Waals surface area contributed by atoms with Crippen molar-refractivity contribution in [3.05, 3.63) is 0 Å². The molecule has 0 saturated heterocycles. The highest BCUT2D eigenvalue weighted by molar-refractivity contribution is 5.43. The minimum atomic E-state index is -0.477. The average molecular weight is 246 g/mol. The first-order valence-corrected chi connectivity index (χ1v) is 7.99. The Balaban J connectivity index is 1.73. The third kappa shape index (κ3) is 0.555. The highest BCUT2D eigenvalue weighted by atomic mass is 16.3. The zero-order valence-corrected chi connectivity index (χ0v) is 11.0. The molecule has 6 aliphatic carbocycles. The van der Waals surface area contributed by atoms with Crippen LogP contribution in [-0.2, 0) is 0 Å². The Bertz CT molecular complexity index is 489. The maximum atomic E-state index is 11.6. The predicted octanol–water partition coefficient (Wildman–Crippen LogP) is 1.80. The largest absolute Gasteiger partial charge is 0.389 e. The molecule has 8 unspecified atom stereocenters. The van der Waals surface area contributed by atoms with Crippen LogP contribution in [0.4, 0.5) is 0 Å². The van der Waals surface area contributed by atoms with Gasteiger partial charge in [0.05, 0.1) is 11.2 Å². The summed E-state index contributed by atoms with van der Waals surface area (Å²) < 4.78 is 0. The first-order chi connectivity index (χ1) is 8.54. The Morgan fingerprint density at radius 1 is 1.00 bits per heavy atom. The van der Waals surface area contributed by atoms with Crippen molar-refractivity contribution in [3.63, 3.8) is 0 Å². The van der Waals surface area contributed by atoms with E-state index in [0.717, 1.165) is 30.6 Å². The molecule has 0 amide bonds. The summed E-state index contributed by atoms with van der Waals surface area (Å²) in [5, 5.41) is 23.0. The fraction of sp³-hybridized carbons (Fsp3) is 1.00. The molecule has 0 aromatic carbocycles. The topological polar surface area (TPSA) is 40.5 Å². The predicted molar refractivity (Wildman–Crippen MR) is 65.5 cm³/mol. The van der Waals surface area contributed by atoms with E-state index in [9.17, 15) is 10.2 Å². The Hall–Kier alpha value is -0.0800. The van der Waals surface area contributed by atoms with Crippen molar-refractivity contribution >= 4 is 0 Å². The van der Waals surface area contributed by atoms with Crippen LogP contribution in [-0.4, -0.2) is 21.4 Å². The average Bonchev–Trinajstić information content (AvgIpc) is 2.47. The fourth-order valence-electron chi connectivity index (χ4n) is 9.00. The van der Waals surface area contributed by atoms with E-state index in [-0.39, 0.29) is 11.3 Å². The summed E-state index contributed by atoms with van der Waals surface area (Å²) in [5.74, 6) is 4.26. The molecule has 98 valence electrons. The fourth-order valence-corrected chi connectivity index (χ4v) is 9.00. The second-order valence-corrected chi connectivity index (χ2v) is 8.68. The van der Waals surface area contributed by atoms with Gasteiger partial charge in [0.2, 0.25) is 0 Å². The van der Waals surface area contributed by atoms with Gasteiger partial charge >= 0.3 is 0 Å². The van der Waals surface area contributed by atoms with E-state index in [1.54, 1.807) is 0 Å². The lowest BCUT2D eigenvalue weighted by Gasteiger charge is -2.71. The summed E-state index contributed by atoms with van der Waals surface area (Å²) in [6.07, 6.45) is 6.05. The van der Waals surface area contributed by atoms with E-state index in [4.69, 9.17) is 0 Å². The molecule has 6 rings (SSSR count). The Labute approximate surface area is 108 Å². The standard InChI is InChI=1S/C16H22O2/c1-7-9-3-11-10-2-8-5-14(11)15(17,6-8)13(7)16(14,18)12(10)4-9/h7-13,17-18H,2-6H2,1H3/t7?,8?,9?,10?,11?,12?,13-,14-,15?,16?/m0/s1. The van der Waals surface area contributed by atoms with Crippen LogP contribution in [0.3, 0.4) is 0 Å². The molecule has 0 aromatic rings. The molecule has 0 radical (unpaired) electrons. The summed E-state index contributed by atoms with van der Waals surface area (Å²) in [6.45, 7) is 2.32. The molecule has 18 heavy (non-hydrogen) atoms. The monoisotopic (exact) mass is 246 g/mol. The van der Waals surface area contributed by atoms with Crippen molar-refractivity contribution in [2.45, 2.75) is 50.2 Å². The van der Waals surface area contributed by atoms with Crippen molar-refractivity contribution < 1.29 is 10.2 Å². The van der Waals surface area contributed by atoms with Gasteiger partial charge in [-0.05, 0) is 67.6 Å². The number of hydrogen-bond acceptors (Lipinski definition) is 2. The van der Waals surface area contributed by atoms with Crippen LogP contribution in [0.2, 0.25) is 0 Å². The maximum absolute atomic E-state index is 11.6. The molecule has 6 saturated carbocycles. The van der Waals surface area contributed by atoms with E-state index in [1.807, 2.05) is 0 Å². The van der Waals surface area contributed by atoms with E-state index in [1.165, 1.54) is 19.3 Å². The lowest BCUT2D eigenvalue weighted by Crippen LogP contribution is -2.81. The van der Waals surface area contributed by atoms with E-state index < -0.39 is 11.2 Å². The van der Waals surface area contributed by atoms with Crippen LogP contribution in [0.5, 0.6) is 0 Å². The van der Waals surface area contributed by atoms with Gasteiger partial charge in [0.15, 0.2) is 0 Å². The number of aliphatic hydroxyl groups is 2. The molecule has 6 bridgehead atoms. The summed E-state index contributed by atoms with van der Waals surface area (Å²) in [5.41, 5.74) is -0.994. The third-order valence-corrected chi connectivity index (χ3v) is 8.91. The lowest BCUT2D eigenvalue weighted by atomic mass is 9.37. The first-order valence-electron chi connectivity index (χ1n) is 7.99. The van der Waals surface area contributed by atoms with Gasteiger partial charge in [-0.25, -0.2) is 0 Å². The second kappa shape index (κ2) is 2.22.